The van der Waals surface area contributed by atoms with Gasteiger partial charge in [-0.1, -0.05) is 0 Å². The van der Waals surface area contributed by atoms with Gasteiger partial charge in [-0.2, -0.15) is 0 Å². The minimum Gasteiger partial charge on any atom is -0.385 e. The zero-order chi connectivity index (χ0) is 12.8. The van der Waals surface area contributed by atoms with Crippen molar-refractivity contribution in [2.75, 3.05) is 19.0 Å². The number of nitro groups is 1. The van der Waals surface area contributed by atoms with E-state index in [1.165, 1.54) is 0 Å². The molecule has 1 aromatic heterocycles. The summed E-state index contributed by atoms with van der Waals surface area (Å²) in [6.07, 6.45) is 2.33. The van der Waals surface area contributed by atoms with Gasteiger partial charge in [0.25, 0.3) is 0 Å². The van der Waals surface area contributed by atoms with Crippen molar-refractivity contribution in [3.05, 3.63) is 27.9 Å². The number of pyridine rings is 1. The molecule has 0 aliphatic rings. The highest BCUT2D eigenvalue weighted by molar-refractivity contribution is 5.60. The lowest BCUT2D eigenvalue weighted by atomic mass is 10.2. The third kappa shape index (κ3) is 3.67. The quantitative estimate of drug-likeness (QED) is 0.607. The van der Waals surface area contributed by atoms with E-state index in [4.69, 9.17) is 4.74 Å². The standard InChI is InChI=1S/C11H17N3O3/c1-8-4-6-12-11(10(8)14(15)16)13-9(2)5-7-17-3/h4,6,9H,5,7H2,1-3H3,(H,12,13). The van der Waals surface area contributed by atoms with Gasteiger partial charge in [0.05, 0.1) is 4.92 Å². The van der Waals surface area contributed by atoms with Crippen LogP contribution < -0.4 is 5.32 Å². The van der Waals surface area contributed by atoms with E-state index in [9.17, 15) is 10.1 Å². The summed E-state index contributed by atoms with van der Waals surface area (Å²) in [6.45, 7) is 4.24. The lowest BCUT2D eigenvalue weighted by Crippen LogP contribution is -2.19. The molecule has 1 atom stereocenters. The van der Waals surface area contributed by atoms with Gasteiger partial charge in [0.2, 0.25) is 5.82 Å². The van der Waals surface area contributed by atoms with Gasteiger partial charge in [-0.25, -0.2) is 4.98 Å². The molecule has 1 rings (SSSR count). The highest BCUT2D eigenvalue weighted by atomic mass is 16.6. The minimum atomic E-state index is -0.409. The lowest BCUT2D eigenvalue weighted by Gasteiger charge is -2.14. The van der Waals surface area contributed by atoms with Crippen LogP contribution in [0.5, 0.6) is 0 Å². The number of nitrogens with one attached hydrogen (secondary N) is 1. The molecule has 1 N–H and O–H groups in total. The van der Waals surface area contributed by atoms with Gasteiger partial charge in [0, 0.05) is 31.5 Å². The van der Waals surface area contributed by atoms with E-state index >= 15 is 0 Å². The molecule has 17 heavy (non-hydrogen) atoms. The highest BCUT2D eigenvalue weighted by Crippen LogP contribution is 2.26. The van der Waals surface area contributed by atoms with Crippen LogP contribution in [-0.2, 0) is 4.74 Å². The first-order valence-electron chi connectivity index (χ1n) is 5.41. The van der Waals surface area contributed by atoms with Crippen LogP contribution in [0.4, 0.5) is 11.5 Å². The van der Waals surface area contributed by atoms with E-state index in [1.807, 2.05) is 6.92 Å². The second-order valence-electron chi connectivity index (χ2n) is 3.91. The van der Waals surface area contributed by atoms with Crippen molar-refractivity contribution in [2.45, 2.75) is 26.3 Å². The topological polar surface area (TPSA) is 77.3 Å². The molecule has 6 nitrogen and oxygen atoms in total. The summed E-state index contributed by atoms with van der Waals surface area (Å²) in [4.78, 5) is 14.5. The number of hydrogen-bond acceptors (Lipinski definition) is 5. The third-order valence-electron chi connectivity index (χ3n) is 2.45. The molecule has 1 heterocycles. The molecule has 0 aliphatic carbocycles. The Morgan fingerprint density at radius 2 is 2.35 bits per heavy atom. The van der Waals surface area contributed by atoms with Crippen LogP contribution in [0.25, 0.3) is 0 Å². The molecular formula is C11H17N3O3. The molecule has 94 valence electrons. The van der Waals surface area contributed by atoms with Crippen molar-refractivity contribution >= 4 is 11.5 Å². The van der Waals surface area contributed by atoms with Gasteiger partial charge in [0.1, 0.15) is 0 Å². The number of aryl methyl sites for hydroxylation is 1. The van der Waals surface area contributed by atoms with Gasteiger partial charge >= 0.3 is 5.69 Å². The van der Waals surface area contributed by atoms with E-state index in [0.717, 1.165) is 6.42 Å². The highest BCUT2D eigenvalue weighted by Gasteiger charge is 2.19. The van der Waals surface area contributed by atoms with Gasteiger partial charge < -0.3 is 10.1 Å². The second kappa shape index (κ2) is 6.15. The Balaban J connectivity index is 2.83. The average Bonchev–Trinajstić information content (AvgIpc) is 2.25. The summed E-state index contributed by atoms with van der Waals surface area (Å²) >= 11 is 0. The van der Waals surface area contributed by atoms with Crippen LogP contribution in [0.1, 0.15) is 18.9 Å². The summed E-state index contributed by atoms with van der Waals surface area (Å²) in [7, 11) is 1.63. The Morgan fingerprint density at radius 1 is 1.65 bits per heavy atom. The van der Waals surface area contributed by atoms with E-state index in [2.05, 4.69) is 10.3 Å². The number of methoxy groups -OCH3 is 1. The molecule has 0 amide bonds. The van der Waals surface area contributed by atoms with Crippen molar-refractivity contribution < 1.29 is 9.66 Å². The number of aromatic nitrogens is 1. The van der Waals surface area contributed by atoms with Gasteiger partial charge in [-0.05, 0) is 26.3 Å². The number of ether oxygens (including phenoxy) is 1. The predicted molar refractivity (Wildman–Crippen MR) is 65.2 cm³/mol. The van der Waals surface area contributed by atoms with Crippen LogP contribution in [0, 0.1) is 17.0 Å². The molecule has 1 unspecified atom stereocenters. The monoisotopic (exact) mass is 239 g/mol. The van der Waals surface area contributed by atoms with Gasteiger partial charge in [-0.3, -0.25) is 10.1 Å². The van der Waals surface area contributed by atoms with Crippen molar-refractivity contribution in [3.63, 3.8) is 0 Å². The maximum Gasteiger partial charge on any atom is 0.314 e. The fourth-order valence-corrected chi connectivity index (χ4v) is 1.49. The molecular weight excluding hydrogens is 222 g/mol. The van der Waals surface area contributed by atoms with Crippen LogP contribution in [-0.4, -0.2) is 29.7 Å². The van der Waals surface area contributed by atoms with E-state index in [-0.39, 0.29) is 11.7 Å². The Labute approximate surface area is 100 Å². The Hall–Kier alpha value is -1.69. The first-order valence-corrected chi connectivity index (χ1v) is 5.41. The minimum absolute atomic E-state index is 0.0387. The zero-order valence-electron chi connectivity index (χ0n) is 10.3. The first kappa shape index (κ1) is 13.4. The second-order valence-corrected chi connectivity index (χ2v) is 3.91. The first-order chi connectivity index (χ1) is 8.06. The SMILES string of the molecule is COCCC(C)Nc1nccc(C)c1[N+](=O)[O-]. The zero-order valence-corrected chi connectivity index (χ0v) is 10.3. The number of hydrogen-bond donors (Lipinski definition) is 1. The van der Waals surface area contributed by atoms with Crippen LogP contribution in [0.2, 0.25) is 0 Å². The largest absolute Gasteiger partial charge is 0.385 e. The van der Waals surface area contributed by atoms with Crippen molar-refractivity contribution in [1.29, 1.82) is 0 Å². The van der Waals surface area contributed by atoms with Crippen LogP contribution >= 0.6 is 0 Å². The Bertz CT molecular complexity index is 396. The fourth-order valence-electron chi connectivity index (χ4n) is 1.49. The lowest BCUT2D eigenvalue weighted by molar-refractivity contribution is -0.384. The normalized spacial score (nSPS) is 12.2. The number of rotatable bonds is 6. The van der Waals surface area contributed by atoms with E-state index < -0.39 is 4.92 Å². The number of nitrogens with zero attached hydrogens (tertiary/aromatic N) is 2. The van der Waals surface area contributed by atoms with Crippen molar-refractivity contribution in [3.8, 4) is 0 Å². The predicted octanol–water partition coefficient (Wildman–Crippen LogP) is 2.14. The van der Waals surface area contributed by atoms with E-state index in [1.54, 1.807) is 26.3 Å². The maximum atomic E-state index is 10.9. The van der Waals surface area contributed by atoms with Gasteiger partial charge in [-0.15, -0.1) is 0 Å². The molecule has 0 aliphatic heterocycles. The molecule has 0 saturated carbocycles. The van der Waals surface area contributed by atoms with Gasteiger partial charge in [0.15, 0.2) is 0 Å². The van der Waals surface area contributed by atoms with Crippen molar-refractivity contribution in [2.24, 2.45) is 0 Å². The fraction of sp³-hybridized carbons (Fsp3) is 0.545. The molecule has 0 bridgehead atoms. The molecule has 1 aromatic rings. The summed E-state index contributed by atoms with van der Waals surface area (Å²) < 4.78 is 4.96. The summed E-state index contributed by atoms with van der Waals surface area (Å²) in [5, 5.41) is 14.0. The smallest absolute Gasteiger partial charge is 0.314 e. The van der Waals surface area contributed by atoms with E-state index in [0.29, 0.717) is 18.0 Å². The summed E-state index contributed by atoms with van der Waals surface area (Å²) in [6, 6.07) is 1.70. The third-order valence-corrected chi connectivity index (χ3v) is 2.45. The molecule has 6 heteroatoms. The average molecular weight is 239 g/mol. The molecule has 0 radical (unpaired) electrons. The molecule has 0 spiro atoms. The summed E-state index contributed by atoms with van der Waals surface area (Å²) in [5.74, 6) is 0.318. The van der Waals surface area contributed by atoms with Crippen molar-refractivity contribution in [1.82, 2.24) is 4.98 Å². The number of anilines is 1. The Morgan fingerprint density at radius 3 is 2.94 bits per heavy atom. The molecule has 0 fully saturated rings. The summed E-state index contributed by atoms with van der Waals surface area (Å²) in [5.41, 5.74) is 0.642. The maximum absolute atomic E-state index is 10.9. The van der Waals surface area contributed by atoms with Crippen LogP contribution in [0.15, 0.2) is 12.3 Å². The molecule has 0 aromatic carbocycles. The van der Waals surface area contributed by atoms with Crippen LogP contribution in [0.3, 0.4) is 0 Å². The Kier molecular flexibility index (Phi) is 4.84. The molecule has 0 saturated heterocycles.